The van der Waals surface area contributed by atoms with Crippen LogP contribution in [0.4, 0.5) is 5.69 Å². The highest BCUT2D eigenvalue weighted by molar-refractivity contribution is 7.91. The minimum Gasteiger partial charge on any atom is -0.495 e. The van der Waals surface area contributed by atoms with Crippen molar-refractivity contribution in [2.24, 2.45) is 0 Å². The van der Waals surface area contributed by atoms with Gasteiger partial charge < -0.3 is 15.0 Å². The minimum atomic E-state index is -2.97. The number of nitrogens with one attached hydrogen (secondary N) is 1. The highest BCUT2D eigenvalue weighted by atomic mass is 32.2. The topological polar surface area (TPSA) is 75.7 Å². The lowest BCUT2D eigenvalue weighted by Crippen LogP contribution is -2.38. The lowest BCUT2D eigenvalue weighted by Gasteiger charge is -2.23. The first-order valence-corrected chi connectivity index (χ1v) is 9.08. The Hall–Kier alpha value is -1.76. The molecule has 122 valence electrons. The van der Waals surface area contributed by atoms with Gasteiger partial charge in [0, 0.05) is 26.1 Å². The summed E-state index contributed by atoms with van der Waals surface area (Å²) in [6, 6.07) is 7.31. The van der Waals surface area contributed by atoms with Crippen molar-refractivity contribution < 1.29 is 17.9 Å². The van der Waals surface area contributed by atoms with Gasteiger partial charge in [-0.05, 0) is 18.6 Å². The van der Waals surface area contributed by atoms with E-state index in [0.29, 0.717) is 19.4 Å². The predicted octanol–water partition coefficient (Wildman–Crippen LogP) is 1.14. The smallest absolute Gasteiger partial charge is 0.224 e. The molecule has 7 heteroatoms. The monoisotopic (exact) mass is 326 g/mol. The molecule has 1 N–H and O–H groups in total. The molecule has 1 aliphatic rings. The van der Waals surface area contributed by atoms with E-state index in [4.69, 9.17) is 4.74 Å². The van der Waals surface area contributed by atoms with E-state index in [1.54, 1.807) is 19.1 Å². The molecule has 1 amide bonds. The number of para-hydroxylation sites is 2. The fourth-order valence-corrected chi connectivity index (χ4v) is 4.33. The maximum absolute atomic E-state index is 12.1. The van der Waals surface area contributed by atoms with Crippen LogP contribution in [0, 0.1) is 0 Å². The molecule has 1 aliphatic heterocycles. The molecule has 0 radical (unpaired) electrons. The zero-order valence-electron chi connectivity index (χ0n) is 12.9. The number of anilines is 1. The molecule has 2 rings (SSSR count). The molecule has 22 heavy (non-hydrogen) atoms. The Balaban J connectivity index is 1.83. The predicted molar refractivity (Wildman–Crippen MR) is 85.9 cm³/mol. The Bertz CT molecular complexity index is 630. The van der Waals surface area contributed by atoms with Gasteiger partial charge in [0.25, 0.3) is 0 Å². The Labute approximate surface area is 131 Å². The molecule has 1 unspecified atom stereocenters. The van der Waals surface area contributed by atoms with Gasteiger partial charge in [0.2, 0.25) is 5.91 Å². The number of rotatable bonds is 6. The summed E-state index contributed by atoms with van der Waals surface area (Å²) in [4.78, 5) is 13.7. The van der Waals surface area contributed by atoms with E-state index >= 15 is 0 Å². The van der Waals surface area contributed by atoms with Crippen LogP contribution in [0.5, 0.6) is 5.75 Å². The average molecular weight is 326 g/mol. The van der Waals surface area contributed by atoms with Gasteiger partial charge in [-0.3, -0.25) is 4.79 Å². The van der Waals surface area contributed by atoms with Crippen molar-refractivity contribution in [3.05, 3.63) is 24.3 Å². The van der Waals surface area contributed by atoms with Crippen LogP contribution < -0.4 is 10.1 Å². The first-order valence-electron chi connectivity index (χ1n) is 7.26. The molecule has 0 aromatic heterocycles. The van der Waals surface area contributed by atoms with Gasteiger partial charge >= 0.3 is 0 Å². The molecule has 0 bridgehead atoms. The normalized spacial score (nSPS) is 19.6. The number of carbonyl (C=O) groups excluding carboxylic acids is 1. The quantitative estimate of drug-likeness (QED) is 0.848. The van der Waals surface area contributed by atoms with E-state index in [1.807, 2.05) is 24.3 Å². The summed E-state index contributed by atoms with van der Waals surface area (Å²) in [6.07, 6.45) is 0.843. The van der Waals surface area contributed by atoms with E-state index in [1.165, 1.54) is 0 Å². The summed E-state index contributed by atoms with van der Waals surface area (Å²) in [5.74, 6) is 0.930. The third-order valence-corrected chi connectivity index (χ3v) is 5.66. The van der Waals surface area contributed by atoms with Crippen LogP contribution in [0.15, 0.2) is 24.3 Å². The zero-order chi connectivity index (χ0) is 16.2. The van der Waals surface area contributed by atoms with Gasteiger partial charge in [0.15, 0.2) is 9.84 Å². The maximum atomic E-state index is 12.1. The van der Waals surface area contributed by atoms with Crippen LogP contribution >= 0.6 is 0 Å². The third-order valence-electron chi connectivity index (χ3n) is 3.91. The molecule has 1 atom stereocenters. The van der Waals surface area contributed by atoms with Crippen LogP contribution in [0.2, 0.25) is 0 Å². The molecular formula is C15H22N2O4S. The Morgan fingerprint density at radius 1 is 1.41 bits per heavy atom. The number of nitrogens with zero attached hydrogens (tertiary/aromatic N) is 1. The van der Waals surface area contributed by atoms with Gasteiger partial charge in [-0.1, -0.05) is 12.1 Å². The number of benzene rings is 1. The van der Waals surface area contributed by atoms with Gasteiger partial charge in [0.05, 0.1) is 24.3 Å². The molecule has 1 fully saturated rings. The summed E-state index contributed by atoms with van der Waals surface area (Å²) in [7, 11) is 0.302. The number of hydrogen-bond acceptors (Lipinski definition) is 5. The van der Waals surface area contributed by atoms with Gasteiger partial charge in [-0.25, -0.2) is 8.42 Å². The Morgan fingerprint density at radius 3 is 2.77 bits per heavy atom. The van der Waals surface area contributed by atoms with Crippen LogP contribution in [0.25, 0.3) is 0 Å². The fourth-order valence-electron chi connectivity index (χ4n) is 2.56. The second kappa shape index (κ2) is 7.00. The van der Waals surface area contributed by atoms with Crippen LogP contribution in [-0.4, -0.2) is 57.5 Å². The molecule has 6 nitrogen and oxygen atoms in total. The Morgan fingerprint density at radius 2 is 2.14 bits per heavy atom. The van der Waals surface area contributed by atoms with E-state index in [2.05, 4.69) is 5.32 Å². The van der Waals surface area contributed by atoms with Crippen molar-refractivity contribution in [1.29, 1.82) is 0 Å². The molecule has 1 aromatic rings. The Kier molecular flexibility index (Phi) is 5.28. The number of carbonyl (C=O) groups is 1. The number of sulfone groups is 1. The van der Waals surface area contributed by atoms with Crippen molar-refractivity contribution in [3.8, 4) is 5.75 Å². The van der Waals surface area contributed by atoms with Crippen LogP contribution in [0.3, 0.4) is 0 Å². The largest absolute Gasteiger partial charge is 0.495 e. The summed E-state index contributed by atoms with van der Waals surface area (Å²) in [6.45, 7) is 0.475. The average Bonchev–Trinajstić information content (AvgIpc) is 2.87. The number of amides is 1. The fraction of sp³-hybridized carbons (Fsp3) is 0.533. The molecule has 0 spiro atoms. The highest BCUT2D eigenvalue weighted by Crippen LogP contribution is 2.23. The van der Waals surface area contributed by atoms with E-state index in [-0.39, 0.29) is 23.5 Å². The van der Waals surface area contributed by atoms with E-state index < -0.39 is 9.84 Å². The van der Waals surface area contributed by atoms with Gasteiger partial charge in [-0.2, -0.15) is 0 Å². The molecule has 1 aromatic carbocycles. The summed E-state index contributed by atoms with van der Waals surface area (Å²) in [5, 5.41) is 3.17. The van der Waals surface area contributed by atoms with Gasteiger partial charge in [-0.15, -0.1) is 0 Å². The lowest BCUT2D eigenvalue weighted by atomic mass is 10.2. The summed E-state index contributed by atoms with van der Waals surface area (Å²) >= 11 is 0. The zero-order valence-corrected chi connectivity index (χ0v) is 13.7. The highest BCUT2D eigenvalue weighted by Gasteiger charge is 2.32. The van der Waals surface area contributed by atoms with E-state index in [9.17, 15) is 13.2 Å². The third kappa shape index (κ3) is 4.13. The summed E-state index contributed by atoms with van der Waals surface area (Å²) in [5.41, 5.74) is 0.837. The van der Waals surface area contributed by atoms with Crippen LogP contribution in [-0.2, 0) is 14.6 Å². The van der Waals surface area contributed by atoms with Crippen molar-refractivity contribution in [1.82, 2.24) is 4.90 Å². The van der Waals surface area contributed by atoms with E-state index in [0.717, 1.165) is 11.4 Å². The molecule has 0 saturated carbocycles. The lowest BCUT2D eigenvalue weighted by molar-refractivity contribution is -0.131. The molecule has 0 aliphatic carbocycles. The molecule has 1 saturated heterocycles. The van der Waals surface area contributed by atoms with Crippen molar-refractivity contribution in [3.63, 3.8) is 0 Å². The first-order chi connectivity index (χ1) is 10.4. The SMILES string of the molecule is COc1ccccc1NCCC(=O)N(C)C1CCS(=O)(=O)C1. The molecular weight excluding hydrogens is 304 g/mol. The van der Waals surface area contributed by atoms with Crippen molar-refractivity contribution >= 4 is 21.4 Å². The molecule has 1 heterocycles. The second-order valence-electron chi connectivity index (χ2n) is 5.44. The maximum Gasteiger partial charge on any atom is 0.224 e. The second-order valence-corrected chi connectivity index (χ2v) is 7.67. The summed E-state index contributed by atoms with van der Waals surface area (Å²) < 4.78 is 28.2. The van der Waals surface area contributed by atoms with Gasteiger partial charge in [0.1, 0.15) is 5.75 Å². The number of hydrogen-bond donors (Lipinski definition) is 1. The standard InChI is InChI=1S/C15H22N2O4S/c1-17(12-8-10-22(19,20)11-12)15(18)7-9-16-13-5-3-4-6-14(13)21-2/h3-6,12,16H,7-11H2,1-2H3. The van der Waals surface area contributed by atoms with Crippen molar-refractivity contribution in [2.75, 3.05) is 37.5 Å². The minimum absolute atomic E-state index is 0.0514. The van der Waals surface area contributed by atoms with Crippen LogP contribution in [0.1, 0.15) is 12.8 Å². The number of methoxy groups -OCH3 is 1. The van der Waals surface area contributed by atoms with Crippen molar-refractivity contribution in [2.45, 2.75) is 18.9 Å². The first kappa shape index (κ1) is 16.6. The number of ether oxygens (including phenoxy) is 1.